The molecule has 0 spiro atoms. The Bertz CT molecular complexity index is 952. The number of benzene rings is 2. The van der Waals surface area contributed by atoms with E-state index in [0.717, 1.165) is 55.5 Å². The number of carbonyl (C=O) groups excluding carboxylic acids is 1. The highest BCUT2D eigenvalue weighted by Gasteiger charge is 2.44. The third-order valence-corrected chi connectivity index (χ3v) is 6.44. The Morgan fingerprint density at radius 2 is 1.78 bits per heavy atom. The second kappa shape index (κ2) is 9.67. The van der Waals surface area contributed by atoms with Gasteiger partial charge in [0.1, 0.15) is 12.8 Å². The van der Waals surface area contributed by atoms with Crippen molar-refractivity contribution in [2.75, 3.05) is 26.7 Å². The van der Waals surface area contributed by atoms with Gasteiger partial charge in [0, 0.05) is 18.9 Å². The van der Waals surface area contributed by atoms with Crippen molar-refractivity contribution >= 4 is 5.97 Å². The molecule has 168 valence electrons. The molecule has 2 aromatic carbocycles. The Balaban J connectivity index is 1.46. The van der Waals surface area contributed by atoms with E-state index in [1.54, 1.807) is 30.5 Å². The highest BCUT2D eigenvalue weighted by atomic mass is 16.6. The third kappa shape index (κ3) is 4.92. The number of likely N-dealkylation sites (N-methyl/N-ethyl adjacent to an activating group) is 1. The van der Waals surface area contributed by atoms with Crippen LogP contribution in [0.15, 0.2) is 77.5 Å². The number of hydrogen-bond donors (Lipinski definition) is 1. The van der Waals surface area contributed by atoms with E-state index < -0.39 is 11.6 Å². The van der Waals surface area contributed by atoms with Gasteiger partial charge in [0.2, 0.25) is 5.60 Å². The zero-order valence-electron chi connectivity index (χ0n) is 18.5. The molecule has 1 N–H and O–H groups in total. The van der Waals surface area contributed by atoms with Crippen molar-refractivity contribution in [2.45, 2.75) is 37.4 Å². The monoisotopic (exact) mass is 435 g/mol. The molecule has 0 saturated carbocycles. The summed E-state index contributed by atoms with van der Waals surface area (Å²) in [6.07, 6.45) is 5.02. The van der Waals surface area contributed by atoms with E-state index in [-0.39, 0.29) is 6.10 Å². The number of ether oxygens (including phenoxy) is 1. The first-order valence-corrected chi connectivity index (χ1v) is 11.3. The van der Waals surface area contributed by atoms with Crippen molar-refractivity contribution in [3.63, 3.8) is 0 Å². The van der Waals surface area contributed by atoms with E-state index >= 15 is 0 Å². The van der Waals surface area contributed by atoms with Gasteiger partial charge in [0.25, 0.3) is 0 Å². The molecular weight excluding hydrogens is 404 g/mol. The number of quaternary nitrogens is 1. The van der Waals surface area contributed by atoms with Crippen molar-refractivity contribution in [3.8, 4) is 0 Å². The van der Waals surface area contributed by atoms with Gasteiger partial charge in [-0.2, -0.15) is 0 Å². The van der Waals surface area contributed by atoms with Gasteiger partial charge in [-0.3, -0.25) is 0 Å². The molecule has 1 aromatic heterocycles. The zero-order valence-corrected chi connectivity index (χ0v) is 18.5. The molecule has 2 heterocycles. The first-order valence-electron chi connectivity index (χ1n) is 11.3. The summed E-state index contributed by atoms with van der Waals surface area (Å²) < 4.78 is 11.7. The van der Waals surface area contributed by atoms with Crippen LogP contribution in [-0.2, 0) is 21.6 Å². The van der Waals surface area contributed by atoms with E-state index in [4.69, 9.17) is 9.26 Å². The summed E-state index contributed by atoms with van der Waals surface area (Å²) in [4.78, 5) is 13.4. The molecule has 1 saturated heterocycles. The Kier molecular flexibility index (Phi) is 6.72. The van der Waals surface area contributed by atoms with E-state index in [9.17, 15) is 9.90 Å². The molecule has 3 aromatic rings. The Morgan fingerprint density at radius 1 is 1.12 bits per heavy atom. The molecule has 0 radical (unpaired) electrons. The standard InChI is InChI=1S/C26H31N2O4/c1-28(17-8-14-23-16-19-31-27-23)18-9-15-24(20-28)32-25(29)26(30,21-10-4-2-5-11-21)22-12-6-3-7-13-22/h2-7,10-13,16,19,24,30H,8-9,14-15,17-18,20H2,1H3/q+1/t24?,28-/m1/s1. The molecule has 1 aliphatic rings. The third-order valence-electron chi connectivity index (χ3n) is 6.44. The minimum atomic E-state index is -1.84. The number of aliphatic hydroxyl groups is 1. The molecule has 1 unspecified atom stereocenters. The maximum Gasteiger partial charge on any atom is 0.348 e. The number of esters is 1. The largest absolute Gasteiger partial charge is 0.454 e. The van der Waals surface area contributed by atoms with Gasteiger partial charge in [0.15, 0.2) is 6.10 Å². The van der Waals surface area contributed by atoms with Crippen LogP contribution in [0.4, 0.5) is 0 Å². The lowest BCUT2D eigenvalue weighted by molar-refractivity contribution is -0.917. The summed E-state index contributed by atoms with van der Waals surface area (Å²) in [5.74, 6) is -0.615. The maximum absolute atomic E-state index is 13.4. The van der Waals surface area contributed by atoms with Crippen LogP contribution in [0.2, 0.25) is 0 Å². The van der Waals surface area contributed by atoms with Crippen molar-refractivity contribution in [2.24, 2.45) is 0 Å². The predicted molar refractivity (Wildman–Crippen MR) is 121 cm³/mol. The quantitative estimate of drug-likeness (QED) is 0.432. The molecule has 2 atom stereocenters. The Hall–Kier alpha value is -2.96. The minimum Gasteiger partial charge on any atom is -0.454 e. The van der Waals surface area contributed by atoms with Crippen molar-refractivity contribution < 1.29 is 23.6 Å². The van der Waals surface area contributed by atoms with Crippen molar-refractivity contribution in [1.29, 1.82) is 0 Å². The topological polar surface area (TPSA) is 72.6 Å². The van der Waals surface area contributed by atoms with E-state index in [1.807, 2.05) is 42.5 Å². The fourth-order valence-electron chi connectivity index (χ4n) is 4.68. The lowest BCUT2D eigenvalue weighted by Gasteiger charge is -2.41. The van der Waals surface area contributed by atoms with Crippen LogP contribution in [0.1, 0.15) is 36.1 Å². The number of carbonyl (C=O) groups is 1. The second-order valence-corrected chi connectivity index (χ2v) is 8.96. The van der Waals surface area contributed by atoms with Gasteiger partial charge in [-0.05, 0) is 24.0 Å². The highest BCUT2D eigenvalue weighted by molar-refractivity contribution is 5.85. The molecule has 0 bridgehead atoms. The molecule has 1 aliphatic heterocycles. The van der Waals surface area contributed by atoms with Crippen LogP contribution < -0.4 is 0 Å². The molecule has 6 heteroatoms. The number of rotatable bonds is 8. The molecule has 4 rings (SSSR count). The fourth-order valence-corrected chi connectivity index (χ4v) is 4.68. The number of hydrogen-bond acceptors (Lipinski definition) is 5. The number of likely N-dealkylation sites (tertiary alicyclic amines) is 1. The fraction of sp³-hybridized carbons (Fsp3) is 0.385. The van der Waals surface area contributed by atoms with Gasteiger partial charge >= 0.3 is 5.97 Å². The summed E-state index contributed by atoms with van der Waals surface area (Å²) in [7, 11) is 2.21. The summed E-state index contributed by atoms with van der Waals surface area (Å²) in [5.41, 5.74) is 0.150. The van der Waals surface area contributed by atoms with Crippen LogP contribution in [0, 0.1) is 0 Å². The summed E-state index contributed by atoms with van der Waals surface area (Å²) in [6.45, 7) is 2.77. The predicted octanol–water partition coefficient (Wildman–Crippen LogP) is 3.70. The van der Waals surface area contributed by atoms with Gasteiger partial charge in [-0.1, -0.05) is 65.8 Å². The second-order valence-electron chi connectivity index (χ2n) is 8.96. The Labute approximate surface area is 189 Å². The first kappa shape index (κ1) is 22.2. The van der Waals surface area contributed by atoms with E-state index in [0.29, 0.717) is 11.1 Å². The van der Waals surface area contributed by atoms with E-state index in [1.165, 1.54) is 0 Å². The van der Waals surface area contributed by atoms with Crippen LogP contribution in [-0.4, -0.2) is 53.5 Å². The number of aromatic nitrogens is 1. The molecule has 1 fully saturated rings. The summed E-state index contributed by atoms with van der Waals surface area (Å²) >= 11 is 0. The summed E-state index contributed by atoms with van der Waals surface area (Å²) in [5, 5.41) is 15.6. The van der Waals surface area contributed by atoms with E-state index in [2.05, 4.69) is 12.2 Å². The zero-order chi connectivity index (χ0) is 22.4. The SMILES string of the molecule is C[N@@+]1(CCCc2ccon2)CCCC(OC(=O)C(O)(c2ccccc2)c2ccccc2)C1. The minimum absolute atomic E-state index is 0.229. The number of piperidine rings is 1. The number of nitrogens with zero attached hydrogens (tertiary/aromatic N) is 2. The van der Waals surface area contributed by atoms with Gasteiger partial charge in [-0.15, -0.1) is 0 Å². The number of aryl methyl sites for hydroxylation is 1. The van der Waals surface area contributed by atoms with Gasteiger partial charge < -0.3 is 18.8 Å². The smallest absolute Gasteiger partial charge is 0.348 e. The first-order chi connectivity index (χ1) is 15.5. The maximum atomic E-state index is 13.4. The summed E-state index contributed by atoms with van der Waals surface area (Å²) in [6, 6.07) is 20.0. The molecule has 0 aliphatic carbocycles. The van der Waals surface area contributed by atoms with Crippen LogP contribution in [0.3, 0.4) is 0 Å². The highest BCUT2D eigenvalue weighted by Crippen LogP contribution is 2.32. The Morgan fingerprint density at radius 3 is 2.38 bits per heavy atom. The molecule has 0 amide bonds. The van der Waals surface area contributed by atoms with Crippen LogP contribution in [0.25, 0.3) is 0 Å². The average Bonchev–Trinajstić information content (AvgIpc) is 3.33. The van der Waals surface area contributed by atoms with Crippen LogP contribution in [0.5, 0.6) is 0 Å². The van der Waals surface area contributed by atoms with Gasteiger partial charge in [-0.25, -0.2) is 4.79 Å². The average molecular weight is 436 g/mol. The van der Waals surface area contributed by atoms with Crippen molar-refractivity contribution in [3.05, 3.63) is 89.8 Å². The lowest BCUT2D eigenvalue weighted by atomic mass is 9.86. The van der Waals surface area contributed by atoms with Gasteiger partial charge in [0.05, 0.1) is 25.8 Å². The lowest BCUT2D eigenvalue weighted by Crippen LogP contribution is -2.55. The molecule has 32 heavy (non-hydrogen) atoms. The van der Waals surface area contributed by atoms with Crippen LogP contribution >= 0.6 is 0 Å². The van der Waals surface area contributed by atoms with Crippen molar-refractivity contribution in [1.82, 2.24) is 5.16 Å². The molecular formula is C26H31N2O4+. The normalized spacial score (nSPS) is 21.2. The molecule has 6 nitrogen and oxygen atoms in total.